The molecule has 1 unspecified atom stereocenters. The van der Waals surface area contributed by atoms with Gasteiger partial charge in [0, 0.05) is 6.42 Å². The molecule has 0 spiro atoms. The van der Waals surface area contributed by atoms with Gasteiger partial charge in [0.2, 0.25) is 0 Å². The molecule has 0 bridgehead atoms. The Morgan fingerprint density at radius 2 is 2.00 bits per heavy atom. The van der Waals surface area contributed by atoms with Crippen LogP contribution in [0, 0.1) is 5.92 Å². The zero-order valence-corrected chi connectivity index (χ0v) is 15.8. The van der Waals surface area contributed by atoms with Gasteiger partial charge >= 0.3 is 29.6 Å². The number of ketones is 1. The van der Waals surface area contributed by atoms with Crippen LogP contribution >= 0.6 is 23.2 Å². The van der Waals surface area contributed by atoms with Crippen molar-refractivity contribution in [3.63, 3.8) is 0 Å². The van der Waals surface area contributed by atoms with Crippen LogP contribution in [0.1, 0.15) is 25.3 Å². The first-order valence-electron chi connectivity index (χ1n) is 6.43. The summed E-state index contributed by atoms with van der Waals surface area (Å²) < 4.78 is 5.00. The molecular formula is C15H13Cl2NaO4. The van der Waals surface area contributed by atoms with E-state index in [1.54, 1.807) is 12.1 Å². The molecule has 0 amide bonds. The average molecular weight is 351 g/mol. The van der Waals surface area contributed by atoms with Crippen LogP contribution in [0.25, 0.3) is 5.57 Å². The number of hydrogen-bond acceptors (Lipinski definition) is 4. The summed E-state index contributed by atoms with van der Waals surface area (Å²) in [7, 11) is 0. The van der Waals surface area contributed by atoms with Gasteiger partial charge in [0.15, 0.2) is 5.78 Å². The minimum Gasteiger partial charge on any atom is -0.546 e. The molecule has 7 heteroatoms. The number of carbonyl (C=O) groups excluding carboxylic acids is 2. The summed E-state index contributed by atoms with van der Waals surface area (Å²) in [4.78, 5) is 22.0. The first-order valence-corrected chi connectivity index (χ1v) is 7.18. The van der Waals surface area contributed by atoms with E-state index in [1.807, 2.05) is 6.92 Å². The fourth-order valence-corrected chi connectivity index (χ4v) is 2.82. The molecule has 0 saturated carbocycles. The van der Waals surface area contributed by atoms with E-state index in [0.29, 0.717) is 12.0 Å². The second kappa shape index (κ2) is 8.37. The summed E-state index contributed by atoms with van der Waals surface area (Å²) in [6, 6.07) is 3.22. The molecule has 0 aromatic heterocycles. The quantitative estimate of drug-likeness (QED) is 0.687. The van der Waals surface area contributed by atoms with Crippen LogP contribution in [-0.2, 0) is 9.59 Å². The second-order valence-electron chi connectivity index (χ2n) is 5.05. The Bertz CT molecular complexity index is 628. The fraction of sp³-hybridized carbons (Fsp3) is 0.333. The van der Waals surface area contributed by atoms with E-state index in [1.165, 1.54) is 6.07 Å². The number of carbonyl (C=O) groups is 2. The van der Waals surface area contributed by atoms with Crippen molar-refractivity contribution < 1.29 is 49.0 Å². The fourth-order valence-electron chi connectivity index (χ4n) is 2.32. The van der Waals surface area contributed by atoms with Gasteiger partial charge in [0.1, 0.15) is 17.4 Å². The van der Waals surface area contributed by atoms with Crippen LogP contribution in [0.3, 0.4) is 0 Å². The largest absolute Gasteiger partial charge is 1.00 e. The molecule has 2 rings (SSSR count). The molecule has 1 aromatic rings. The van der Waals surface area contributed by atoms with Crippen molar-refractivity contribution in [3.05, 3.63) is 33.8 Å². The molecule has 4 nitrogen and oxygen atoms in total. The van der Waals surface area contributed by atoms with Gasteiger partial charge in [0.05, 0.1) is 11.0 Å². The van der Waals surface area contributed by atoms with Gasteiger partial charge in [-0.3, -0.25) is 4.79 Å². The van der Waals surface area contributed by atoms with Gasteiger partial charge in [-0.05, 0) is 41.7 Å². The van der Waals surface area contributed by atoms with E-state index in [9.17, 15) is 14.7 Å². The van der Waals surface area contributed by atoms with Crippen molar-refractivity contribution in [1.29, 1.82) is 0 Å². The molecule has 112 valence electrons. The van der Waals surface area contributed by atoms with Crippen molar-refractivity contribution in [1.82, 2.24) is 0 Å². The van der Waals surface area contributed by atoms with Crippen molar-refractivity contribution in [2.45, 2.75) is 19.8 Å². The number of halogens is 2. The van der Waals surface area contributed by atoms with E-state index in [2.05, 4.69) is 0 Å². The predicted octanol–water partition coefficient (Wildman–Crippen LogP) is -0.492. The van der Waals surface area contributed by atoms with E-state index in [0.717, 1.165) is 12.0 Å². The van der Waals surface area contributed by atoms with Crippen LogP contribution in [0.4, 0.5) is 0 Å². The van der Waals surface area contributed by atoms with Crippen molar-refractivity contribution in [3.8, 4) is 5.75 Å². The van der Waals surface area contributed by atoms with Crippen LogP contribution < -0.4 is 39.4 Å². The third-order valence-corrected chi connectivity index (χ3v) is 4.06. The summed E-state index contributed by atoms with van der Waals surface area (Å²) in [6.07, 6.45) is 2.85. The molecule has 1 atom stereocenters. The summed E-state index contributed by atoms with van der Waals surface area (Å²) in [5.74, 6) is -0.861. The Hall–Kier alpha value is -0.520. The normalized spacial score (nSPS) is 17.5. The number of allylic oxidation sites excluding steroid dienone is 2. The number of benzene rings is 1. The molecule has 1 aliphatic rings. The van der Waals surface area contributed by atoms with Gasteiger partial charge in [-0.2, -0.15) is 0 Å². The molecule has 0 saturated heterocycles. The van der Waals surface area contributed by atoms with Crippen LogP contribution in [-0.4, -0.2) is 18.4 Å². The SMILES string of the molecule is CC1CC(=O)C=C(c2ccc(OCC(=O)[O-])c(Cl)c2Cl)C1.[Na+]. The molecule has 0 fully saturated rings. The van der Waals surface area contributed by atoms with Gasteiger partial charge in [-0.15, -0.1) is 0 Å². The molecule has 0 aliphatic heterocycles. The summed E-state index contributed by atoms with van der Waals surface area (Å²) in [5.41, 5.74) is 1.50. The monoisotopic (exact) mass is 350 g/mol. The number of carboxylic acid groups (broad SMARTS) is 1. The maximum atomic E-state index is 11.6. The summed E-state index contributed by atoms with van der Waals surface area (Å²) in [5, 5.41) is 10.8. The number of aliphatic carboxylic acids is 1. The Morgan fingerprint density at radius 1 is 1.32 bits per heavy atom. The maximum Gasteiger partial charge on any atom is 1.00 e. The number of hydrogen-bond donors (Lipinski definition) is 0. The number of ether oxygens (including phenoxy) is 1. The molecule has 0 radical (unpaired) electrons. The minimum absolute atomic E-state index is 0. The van der Waals surface area contributed by atoms with Gasteiger partial charge < -0.3 is 14.6 Å². The van der Waals surface area contributed by atoms with E-state index < -0.39 is 12.6 Å². The molecule has 1 aromatic carbocycles. The van der Waals surface area contributed by atoms with Crippen molar-refractivity contribution in [2.24, 2.45) is 5.92 Å². The first kappa shape index (κ1) is 19.5. The zero-order valence-electron chi connectivity index (χ0n) is 12.3. The average Bonchev–Trinajstić information content (AvgIpc) is 2.39. The van der Waals surface area contributed by atoms with Crippen LogP contribution in [0.15, 0.2) is 18.2 Å². The van der Waals surface area contributed by atoms with Gasteiger partial charge in [-0.25, -0.2) is 0 Å². The maximum absolute atomic E-state index is 11.6. The Balaban J connectivity index is 0.00000242. The Kier molecular flexibility index (Phi) is 7.42. The number of rotatable bonds is 4. The summed E-state index contributed by atoms with van der Waals surface area (Å²) >= 11 is 12.3. The second-order valence-corrected chi connectivity index (χ2v) is 5.81. The molecule has 0 heterocycles. The topological polar surface area (TPSA) is 66.4 Å². The van der Waals surface area contributed by atoms with Gasteiger partial charge in [0.25, 0.3) is 0 Å². The number of carboxylic acids is 1. The predicted molar refractivity (Wildman–Crippen MR) is 78.3 cm³/mol. The van der Waals surface area contributed by atoms with E-state index in [4.69, 9.17) is 27.9 Å². The van der Waals surface area contributed by atoms with E-state index in [-0.39, 0.29) is 57.1 Å². The minimum atomic E-state index is -1.35. The molecular weight excluding hydrogens is 338 g/mol. The van der Waals surface area contributed by atoms with Crippen molar-refractivity contribution in [2.75, 3.05) is 6.61 Å². The molecule has 22 heavy (non-hydrogen) atoms. The van der Waals surface area contributed by atoms with E-state index >= 15 is 0 Å². The summed E-state index contributed by atoms with van der Waals surface area (Å²) in [6.45, 7) is 1.39. The Morgan fingerprint density at radius 3 is 2.59 bits per heavy atom. The van der Waals surface area contributed by atoms with Crippen LogP contribution in [0.2, 0.25) is 10.0 Å². The first-order chi connectivity index (χ1) is 9.88. The smallest absolute Gasteiger partial charge is 0.546 e. The zero-order chi connectivity index (χ0) is 15.6. The third-order valence-electron chi connectivity index (χ3n) is 3.19. The molecule has 0 N–H and O–H groups in total. The molecule has 1 aliphatic carbocycles. The third kappa shape index (κ3) is 4.74. The van der Waals surface area contributed by atoms with Crippen molar-refractivity contribution >= 4 is 40.5 Å². The Labute approximate surface area is 160 Å². The van der Waals surface area contributed by atoms with Gasteiger partial charge in [-0.1, -0.05) is 30.1 Å². The standard InChI is InChI=1S/C15H14Cl2O4.Na/c1-8-4-9(6-10(18)5-8)11-2-3-12(15(17)14(11)16)21-7-13(19)20;/h2-3,6,8H,4-5,7H2,1H3,(H,19,20);/q;+1/p-1. The van der Waals surface area contributed by atoms with Crippen LogP contribution in [0.5, 0.6) is 5.75 Å².